The molecule has 0 saturated carbocycles. The molecule has 5 nitrogen and oxygen atoms in total. The van der Waals surface area contributed by atoms with Gasteiger partial charge < -0.3 is 10.7 Å². The number of aryl methyl sites for hydroxylation is 1. The number of nitrogens with one attached hydrogen (secondary N) is 1. The van der Waals surface area contributed by atoms with E-state index in [9.17, 15) is 4.79 Å². The lowest BCUT2D eigenvalue weighted by Crippen LogP contribution is -2.14. The second-order valence-corrected chi connectivity index (χ2v) is 7.27. The first-order valence-corrected chi connectivity index (χ1v) is 9.05. The van der Waals surface area contributed by atoms with Crippen LogP contribution in [-0.4, -0.2) is 14.8 Å². The van der Waals surface area contributed by atoms with Gasteiger partial charge in [-0.3, -0.25) is 4.79 Å². The Kier molecular flexibility index (Phi) is 4.09. The fourth-order valence-corrected chi connectivity index (χ4v) is 3.46. The highest BCUT2D eigenvalue weighted by Gasteiger charge is 2.22. The summed E-state index contributed by atoms with van der Waals surface area (Å²) in [5.41, 5.74) is 10.9. The molecule has 0 unspecified atom stereocenters. The Morgan fingerprint density at radius 1 is 1.19 bits per heavy atom. The van der Waals surface area contributed by atoms with Gasteiger partial charge in [0.2, 0.25) is 0 Å². The Bertz CT molecular complexity index is 1150. The summed E-state index contributed by atoms with van der Waals surface area (Å²) in [7, 11) is 0. The third-order valence-electron chi connectivity index (χ3n) is 4.28. The Morgan fingerprint density at radius 3 is 2.62 bits per heavy atom. The summed E-state index contributed by atoms with van der Waals surface area (Å²) in [6.07, 6.45) is 1.70. The van der Waals surface area contributed by atoms with Crippen LogP contribution < -0.4 is 11.3 Å². The molecule has 0 aliphatic carbocycles. The lowest BCUT2D eigenvalue weighted by atomic mass is 9.99. The summed E-state index contributed by atoms with van der Waals surface area (Å²) in [5, 5.41) is 5.20. The second-order valence-electron chi connectivity index (χ2n) is 5.98. The first-order valence-electron chi connectivity index (χ1n) is 7.88. The van der Waals surface area contributed by atoms with Crippen molar-refractivity contribution in [1.29, 1.82) is 0 Å². The molecular weight excluding hydrogens is 416 g/mol. The maximum Gasteiger partial charge on any atom is 0.282 e. The summed E-state index contributed by atoms with van der Waals surface area (Å²) in [6, 6.07) is 12.7. The Balaban J connectivity index is 1.98. The molecule has 0 spiro atoms. The molecule has 0 bridgehead atoms. The summed E-state index contributed by atoms with van der Waals surface area (Å²) < 4.78 is 2.19. The highest BCUT2D eigenvalue weighted by Crippen LogP contribution is 2.35. The van der Waals surface area contributed by atoms with E-state index in [1.165, 1.54) is 4.68 Å². The molecule has 3 N–H and O–H groups in total. The van der Waals surface area contributed by atoms with Gasteiger partial charge >= 0.3 is 0 Å². The van der Waals surface area contributed by atoms with Gasteiger partial charge in [0.05, 0.1) is 11.3 Å². The van der Waals surface area contributed by atoms with E-state index in [-0.39, 0.29) is 5.56 Å². The van der Waals surface area contributed by atoms with Gasteiger partial charge in [-0.25, -0.2) is 0 Å². The Labute approximate surface area is 162 Å². The number of anilines is 1. The zero-order valence-electron chi connectivity index (χ0n) is 13.8. The van der Waals surface area contributed by atoms with Crippen LogP contribution in [0.1, 0.15) is 5.69 Å². The molecule has 0 aromatic heterocycles. The van der Waals surface area contributed by atoms with E-state index in [0.29, 0.717) is 27.7 Å². The smallest absolute Gasteiger partial charge is 0.282 e. The zero-order chi connectivity index (χ0) is 18.4. The van der Waals surface area contributed by atoms with Crippen LogP contribution in [-0.2, 0) is 0 Å². The van der Waals surface area contributed by atoms with Gasteiger partial charge in [-0.1, -0.05) is 17.7 Å². The van der Waals surface area contributed by atoms with Crippen LogP contribution in [0.4, 0.5) is 5.69 Å². The van der Waals surface area contributed by atoms with Crippen molar-refractivity contribution < 1.29 is 0 Å². The molecule has 2 heterocycles. The molecule has 0 radical (unpaired) electrons. The Morgan fingerprint density at radius 2 is 1.92 bits per heavy atom. The third-order valence-corrected chi connectivity index (χ3v) is 5.22. The SMILES string of the molecule is Cc1[nH]cc2c(=O)n(-c3ccc(Cl)cc3)nc-2c1-c1ccc(N)c(Br)c1. The fourth-order valence-electron chi connectivity index (χ4n) is 2.95. The van der Waals surface area contributed by atoms with Gasteiger partial charge in [-0.15, -0.1) is 0 Å². The predicted octanol–water partition coefficient (Wildman–Crippen LogP) is 4.64. The van der Waals surface area contributed by atoms with Gasteiger partial charge in [0.15, 0.2) is 0 Å². The van der Waals surface area contributed by atoms with E-state index >= 15 is 0 Å². The zero-order valence-corrected chi connectivity index (χ0v) is 16.1. The van der Waals surface area contributed by atoms with E-state index in [4.69, 9.17) is 17.3 Å². The average Bonchev–Trinajstić information content (AvgIpc) is 2.95. The lowest BCUT2D eigenvalue weighted by molar-refractivity contribution is 0.858. The van der Waals surface area contributed by atoms with Gasteiger partial charge in [-0.05, 0) is 64.8 Å². The van der Waals surface area contributed by atoms with Crippen LogP contribution in [0.15, 0.2) is 57.9 Å². The standard InChI is InChI=1S/C19H14BrClN4O/c1-10-17(11-2-7-16(22)15(20)8-11)18-14(9-23-10)19(26)25(24-18)13-5-3-12(21)4-6-13/h2-9,23H,22H2,1H3. The van der Waals surface area contributed by atoms with Crippen molar-refractivity contribution in [3.8, 4) is 28.1 Å². The molecule has 0 atom stereocenters. The number of hydrogen-bond acceptors (Lipinski definition) is 3. The van der Waals surface area contributed by atoms with Crippen molar-refractivity contribution in [2.24, 2.45) is 0 Å². The molecule has 2 aliphatic rings. The molecule has 0 saturated heterocycles. The third kappa shape index (κ3) is 2.71. The van der Waals surface area contributed by atoms with E-state index < -0.39 is 0 Å². The number of H-pyrrole nitrogens is 1. The van der Waals surface area contributed by atoms with Gasteiger partial charge in [0.25, 0.3) is 5.56 Å². The largest absolute Gasteiger partial charge is 0.398 e. The highest BCUT2D eigenvalue weighted by molar-refractivity contribution is 9.10. The number of aromatic nitrogens is 3. The fraction of sp³-hybridized carbons (Fsp3) is 0.0526. The molecule has 26 heavy (non-hydrogen) atoms. The number of halogens is 2. The second kappa shape index (κ2) is 6.30. The molecule has 2 aliphatic heterocycles. The minimum Gasteiger partial charge on any atom is -0.398 e. The van der Waals surface area contributed by atoms with Crippen molar-refractivity contribution in [2.75, 3.05) is 5.73 Å². The van der Waals surface area contributed by atoms with Crippen molar-refractivity contribution in [3.63, 3.8) is 0 Å². The molecule has 7 heteroatoms. The topological polar surface area (TPSA) is 76.7 Å². The quantitative estimate of drug-likeness (QED) is 0.456. The van der Waals surface area contributed by atoms with Crippen molar-refractivity contribution in [1.82, 2.24) is 14.8 Å². The summed E-state index contributed by atoms with van der Waals surface area (Å²) in [5.74, 6) is 0. The number of pyridine rings is 1. The first kappa shape index (κ1) is 16.9. The lowest BCUT2D eigenvalue weighted by Gasteiger charge is -2.11. The van der Waals surface area contributed by atoms with Crippen molar-refractivity contribution >= 4 is 33.2 Å². The normalized spacial score (nSPS) is 11.2. The maximum absolute atomic E-state index is 12.8. The van der Waals surface area contributed by atoms with Crippen LogP contribution in [0.5, 0.6) is 0 Å². The monoisotopic (exact) mass is 428 g/mol. The Hall–Kier alpha value is -2.57. The maximum atomic E-state index is 12.8. The van der Waals surface area contributed by atoms with Crippen LogP contribution in [0, 0.1) is 6.92 Å². The van der Waals surface area contributed by atoms with Crippen LogP contribution in [0.3, 0.4) is 0 Å². The highest BCUT2D eigenvalue weighted by atomic mass is 79.9. The number of nitrogens with two attached hydrogens (primary N) is 1. The van der Waals surface area contributed by atoms with Gasteiger partial charge in [0, 0.05) is 32.6 Å². The van der Waals surface area contributed by atoms with E-state index in [0.717, 1.165) is 21.3 Å². The van der Waals surface area contributed by atoms with Crippen molar-refractivity contribution in [3.05, 3.63) is 74.2 Å². The summed E-state index contributed by atoms with van der Waals surface area (Å²) >= 11 is 9.40. The minimum atomic E-state index is -0.186. The van der Waals surface area contributed by atoms with Gasteiger partial charge in [0.1, 0.15) is 5.69 Å². The number of benzene rings is 2. The van der Waals surface area contributed by atoms with E-state index in [1.807, 2.05) is 25.1 Å². The summed E-state index contributed by atoms with van der Waals surface area (Å²) in [4.78, 5) is 16.0. The summed E-state index contributed by atoms with van der Waals surface area (Å²) in [6.45, 7) is 1.95. The molecule has 130 valence electrons. The molecule has 2 aromatic carbocycles. The van der Waals surface area contributed by atoms with Gasteiger partial charge in [-0.2, -0.15) is 9.78 Å². The number of rotatable bonds is 2. The first-order chi connectivity index (χ1) is 12.5. The number of aromatic amines is 1. The van der Waals surface area contributed by atoms with E-state index in [2.05, 4.69) is 26.0 Å². The molecule has 2 aromatic rings. The van der Waals surface area contributed by atoms with Crippen molar-refractivity contribution in [2.45, 2.75) is 6.92 Å². The minimum absolute atomic E-state index is 0.186. The molecular formula is C19H14BrClN4O. The number of fused-ring (bicyclic) bond motifs is 1. The van der Waals surface area contributed by atoms with Crippen LogP contribution in [0.25, 0.3) is 28.1 Å². The van der Waals surface area contributed by atoms with Crippen LogP contribution >= 0.6 is 27.5 Å². The number of nitrogens with zero attached hydrogens (tertiary/aromatic N) is 2. The van der Waals surface area contributed by atoms with E-state index in [1.54, 1.807) is 30.5 Å². The average molecular weight is 430 g/mol. The number of nitrogen functional groups attached to an aromatic ring is 1. The molecule has 0 amide bonds. The molecule has 4 rings (SSSR count). The molecule has 0 fully saturated rings. The van der Waals surface area contributed by atoms with Crippen LogP contribution in [0.2, 0.25) is 5.02 Å². The predicted molar refractivity (Wildman–Crippen MR) is 108 cm³/mol. The number of hydrogen-bond donors (Lipinski definition) is 2.